The van der Waals surface area contributed by atoms with Crippen LogP contribution in [0.2, 0.25) is 0 Å². The molecule has 0 aliphatic heterocycles. The maximum absolute atomic E-state index is 5.90. The van der Waals surface area contributed by atoms with Crippen molar-refractivity contribution in [1.82, 2.24) is 15.1 Å². The molecule has 5 nitrogen and oxygen atoms in total. The Morgan fingerprint density at radius 3 is 2.91 bits per heavy atom. The fraction of sp³-hybridized carbons (Fsp3) is 0.375. The highest BCUT2D eigenvalue weighted by molar-refractivity contribution is 14.0. The van der Waals surface area contributed by atoms with Gasteiger partial charge in [0.25, 0.3) is 0 Å². The normalized spacial score (nSPS) is 15.0. The summed E-state index contributed by atoms with van der Waals surface area (Å²) < 4.78 is 1.84. The van der Waals surface area contributed by atoms with Gasteiger partial charge in [-0.15, -0.1) is 24.0 Å². The summed E-state index contributed by atoms with van der Waals surface area (Å²) in [6, 6.07) is 10.1. The monoisotopic (exact) mass is 411 g/mol. The van der Waals surface area contributed by atoms with E-state index in [1.807, 2.05) is 29.1 Å². The Labute approximate surface area is 148 Å². The number of hydrogen-bond donors (Lipinski definition) is 2. The Balaban J connectivity index is 0.00000176. The molecule has 1 aliphatic carbocycles. The molecule has 1 fully saturated rings. The second-order valence-corrected chi connectivity index (χ2v) is 5.50. The quantitative estimate of drug-likeness (QED) is 0.452. The van der Waals surface area contributed by atoms with E-state index in [0.29, 0.717) is 12.5 Å². The molecule has 22 heavy (non-hydrogen) atoms. The van der Waals surface area contributed by atoms with Gasteiger partial charge in [-0.1, -0.05) is 18.6 Å². The summed E-state index contributed by atoms with van der Waals surface area (Å²) in [5.74, 6) is 1.31. The fourth-order valence-electron chi connectivity index (χ4n) is 2.40. The first kappa shape index (κ1) is 16.8. The molecular weight excluding hydrogens is 389 g/mol. The first-order valence-electron chi connectivity index (χ1n) is 7.44. The summed E-state index contributed by atoms with van der Waals surface area (Å²) >= 11 is 0. The highest BCUT2D eigenvalue weighted by Gasteiger charge is 2.16. The van der Waals surface area contributed by atoms with Crippen LogP contribution >= 0.6 is 24.0 Å². The molecule has 0 amide bonds. The predicted octanol–water partition coefficient (Wildman–Crippen LogP) is 2.69. The molecule has 3 N–H and O–H groups in total. The molecule has 118 valence electrons. The molecule has 6 heteroatoms. The number of aliphatic imine (C=N–C) groups is 1. The van der Waals surface area contributed by atoms with E-state index in [1.54, 1.807) is 6.20 Å². The Bertz CT molecular complexity index is 605. The molecule has 0 saturated heterocycles. The minimum Gasteiger partial charge on any atom is -0.370 e. The average molecular weight is 411 g/mol. The minimum atomic E-state index is 0. The van der Waals surface area contributed by atoms with Crippen LogP contribution in [0.5, 0.6) is 0 Å². The van der Waals surface area contributed by atoms with E-state index in [1.165, 1.54) is 19.3 Å². The number of aromatic nitrogens is 2. The molecule has 1 saturated carbocycles. The standard InChI is InChI=1S/C16H21N5.HI/c17-16(18-11-13-4-1-5-13)19-12-14-6-2-7-15(10-14)21-9-3-8-20-21;/h2-3,6-10,13H,1,4-5,11-12H2,(H3,17,18,19);1H. The number of nitrogens with zero attached hydrogens (tertiary/aromatic N) is 3. The number of hydrogen-bond acceptors (Lipinski definition) is 2. The van der Waals surface area contributed by atoms with Crippen molar-refractivity contribution < 1.29 is 0 Å². The number of nitrogens with two attached hydrogens (primary N) is 1. The fourth-order valence-corrected chi connectivity index (χ4v) is 2.40. The second-order valence-electron chi connectivity index (χ2n) is 5.50. The topological polar surface area (TPSA) is 68.2 Å². The number of benzene rings is 1. The van der Waals surface area contributed by atoms with Crippen LogP contribution in [0, 0.1) is 5.92 Å². The van der Waals surface area contributed by atoms with E-state index in [0.717, 1.165) is 23.7 Å². The van der Waals surface area contributed by atoms with E-state index < -0.39 is 0 Å². The first-order chi connectivity index (χ1) is 10.3. The maximum Gasteiger partial charge on any atom is 0.188 e. The van der Waals surface area contributed by atoms with Crippen molar-refractivity contribution in [2.45, 2.75) is 25.8 Å². The molecule has 1 aromatic carbocycles. The third-order valence-corrected chi connectivity index (χ3v) is 3.91. The van der Waals surface area contributed by atoms with Crippen molar-refractivity contribution in [3.8, 4) is 5.69 Å². The van der Waals surface area contributed by atoms with Crippen molar-refractivity contribution in [2.75, 3.05) is 6.54 Å². The minimum absolute atomic E-state index is 0. The van der Waals surface area contributed by atoms with Gasteiger partial charge >= 0.3 is 0 Å². The lowest BCUT2D eigenvalue weighted by molar-refractivity contribution is 0.315. The Morgan fingerprint density at radius 1 is 1.36 bits per heavy atom. The van der Waals surface area contributed by atoms with Crippen molar-refractivity contribution in [2.24, 2.45) is 16.6 Å². The predicted molar refractivity (Wildman–Crippen MR) is 99.6 cm³/mol. The van der Waals surface area contributed by atoms with E-state index in [-0.39, 0.29) is 24.0 Å². The van der Waals surface area contributed by atoms with Crippen LogP contribution in [0.4, 0.5) is 0 Å². The van der Waals surface area contributed by atoms with Crippen LogP contribution in [0.1, 0.15) is 24.8 Å². The van der Waals surface area contributed by atoms with Crippen LogP contribution in [0.3, 0.4) is 0 Å². The molecule has 1 heterocycles. The van der Waals surface area contributed by atoms with E-state index in [2.05, 4.69) is 27.5 Å². The van der Waals surface area contributed by atoms with Gasteiger partial charge in [0.2, 0.25) is 0 Å². The van der Waals surface area contributed by atoms with Crippen LogP contribution in [0.15, 0.2) is 47.7 Å². The van der Waals surface area contributed by atoms with Crippen molar-refractivity contribution in [3.05, 3.63) is 48.3 Å². The van der Waals surface area contributed by atoms with Gasteiger partial charge in [-0.3, -0.25) is 0 Å². The molecule has 0 unspecified atom stereocenters. The van der Waals surface area contributed by atoms with E-state index >= 15 is 0 Å². The second kappa shape index (κ2) is 8.17. The molecule has 0 bridgehead atoms. The summed E-state index contributed by atoms with van der Waals surface area (Å²) in [6.45, 7) is 1.53. The smallest absolute Gasteiger partial charge is 0.188 e. The molecule has 1 aliphatic rings. The maximum atomic E-state index is 5.90. The largest absolute Gasteiger partial charge is 0.370 e. The summed E-state index contributed by atoms with van der Waals surface area (Å²) in [4.78, 5) is 4.40. The Hall–Kier alpha value is -1.57. The van der Waals surface area contributed by atoms with Crippen LogP contribution in [0.25, 0.3) is 5.69 Å². The van der Waals surface area contributed by atoms with Gasteiger partial charge in [0, 0.05) is 18.9 Å². The van der Waals surface area contributed by atoms with Gasteiger partial charge in [0.05, 0.1) is 12.2 Å². The molecule has 1 aromatic heterocycles. The van der Waals surface area contributed by atoms with Gasteiger partial charge in [-0.2, -0.15) is 5.10 Å². The summed E-state index contributed by atoms with van der Waals surface area (Å²) in [7, 11) is 0. The van der Waals surface area contributed by atoms with Gasteiger partial charge in [0.15, 0.2) is 5.96 Å². The zero-order chi connectivity index (χ0) is 14.5. The van der Waals surface area contributed by atoms with Crippen LogP contribution in [-0.2, 0) is 6.54 Å². The molecular formula is C16H22IN5. The van der Waals surface area contributed by atoms with Gasteiger partial charge in [-0.05, 0) is 42.5 Å². The van der Waals surface area contributed by atoms with Gasteiger partial charge in [0.1, 0.15) is 0 Å². The highest BCUT2D eigenvalue weighted by atomic mass is 127. The van der Waals surface area contributed by atoms with Crippen molar-refractivity contribution >= 4 is 29.9 Å². The van der Waals surface area contributed by atoms with Crippen molar-refractivity contribution in [1.29, 1.82) is 0 Å². The summed E-state index contributed by atoms with van der Waals surface area (Å²) in [5.41, 5.74) is 8.06. The molecule has 3 rings (SSSR count). The molecule has 2 aromatic rings. The van der Waals surface area contributed by atoms with E-state index in [4.69, 9.17) is 5.73 Å². The molecule has 0 spiro atoms. The number of nitrogens with one attached hydrogen (secondary N) is 1. The first-order valence-corrected chi connectivity index (χ1v) is 7.44. The molecule has 0 atom stereocenters. The lowest BCUT2D eigenvalue weighted by atomic mass is 9.85. The third-order valence-electron chi connectivity index (χ3n) is 3.91. The Kier molecular flexibility index (Phi) is 6.23. The van der Waals surface area contributed by atoms with Crippen LogP contribution in [-0.4, -0.2) is 22.3 Å². The van der Waals surface area contributed by atoms with Gasteiger partial charge < -0.3 is 11.1 Å². The van der Waals surface area contributed by atoms with Crippen molar-refractivity contribution in [3.63, 3.8) is 0 Å². The van der Waals surface area contributed by atoms with E-state index in [9.17, 15) is 0 Å². The highest BCUT2D eigenvalue weighted by Crippen LogP contribution is 2.24. The van der Waals surface area contributed by atoms with Gasteiger partial charge in [-0.25, -0.2) is 9.67 Å². The van der Waals surface area contributed by atoms with Crippen LogP contribution < -0.4 is 11.1 Å². The number of halogens is 1. The third kappa shape index (κ3) is 4.46. The lowest BCUT2D eigenvalue weighted by Gasteiger charge is -2.25. The number of rotatable bonds is 5. The summed E-state index contributed by atoms with van der Waals surface area (Å²) in [5, 5.41) is 7.44. The SMILES string of the molecule is I.NC(=NCc1cccc(-n2cccn2)c1)NCC1CCC1. The zero-order valence-corrected chi connectivity index (χ0v) is 14.8. The average Bonchev–Trinajstić information content (AvgIpc) is 2.98. The lowest BCUT2D eigenvalue weighted by Crippen LogP contribution is -2.37. The zero-order valence-electron chi connectivity index (χ0n) is 12.5. The number of guanidine groups is 1. The Morgan fingerprint density at radius 2 is 2.23 bits per heavy atom. The summed E-state index contributed by atoms with van der Waals surface area (Å²) in [6.07, 6.45) is 7.67. The molecule has 0 radical (unpaired) electrons.